The topological polar surface area (TPSA) is 8.17 Å². The van der Waals surface area contributed by atoms with Crippen molar-refractivity contribution in [2.45, 2.75) is 0 Å². The lowest BCUT2D eigenvalue weighted by Crippen LogP contribution is -2.11. The third-order valence-electron chi connectivity index (χ3n) is 12.2. The van der Waals surface area contributed by atoms with Crippen molar-refractivity contribution in [3.05, 3.63) is 231 Å². The summed E-state index contributed by atoms with van der Waals surface area (Å²) < 4.78 is 5.03. The molecule has 0 aliphatic heterocycles. The van der Waals surface area contributed by atoms with E-state index in [1.807, 2.05) is 11.3 Å². The molecule has 12 rings (SSSR count). The van der Waals surface area contributed by atoms with E-state index in [4.69, 9.17) is 0 Å². The summed E-state index contributed by atoms with van der Waals surface area (Å²) in [7, 11) is 0. The van der Waals surface area contributed by atoms with Gasteiger partial charge in [-0.3, -0.25) is 0 Å². The summed E-state index contributed by atoms with van der Waals surface area (Å²) >= 11 is 1.86. The zero-order valence-corrected chi connectivity index (χ0v) is 34.1. The molecule has 0 amide bonds. The Hall–Kier alpha value is -7.72. The molecule has 0 unspecified atom stereocenters. The first-order valence-corrected chi connectivity index (χ1v) is 21.7. The monoisotopic (exact) mass is 794 g/mol. The van der Waals surface area contributed by atoms with E-state index >= 15 is 0 Å². The summed E-state index contributed by atoms with van der Waals surface area (Å²) in [6, 6.07) is 84.2. The van der Waals surface area contributed by atoms with Crippen molar-refractivity contribution >= 4 is 81.1 Å². The highest BCUT2D eigenvalue weighted by molar-refractivity contribution is 7.25. The first kappa shape index (κ1) is 35.2. The van der Waals surface area contributed by atoms with Gasteiger partial charge in [0, 0.05) is 53.4 Å². The Morgan fingerprint density at radius 1 is 0.328 bits per heavy atom. The number of anilines is 3. The van der Waals surface area contributed by atoms with Gasteiger partial charge in [0.25, 0.3) is 0 Å². The van der Waals surface area contributed by atoms with Crippen molar-refractivity contribution in [2.75, 3.05) is 4.90 Å². The largest absolute Gasteiger partial charge is 0.310 e. The first-order valence-electron chi connectivity index (χ1n) is 20.8. The van der Waals surface area contributed by atoms with Crippen LogP contribution in [0.1, 0.15) is 0 Å². The Kier molecular flexibility index (Phi) is 8.39. The second-order valence-electron chi connectivity index (χ2n) is 15.7. The third kappa shape index (κ3) is 5.93. The molecule has 0 fully saturated rings. The molecule has 286 valence electrons. The van der Waals surface area contributed by atoms with Crippen molar-refractivity contribution in [1.82, 2.24) is 4.57 Å². The molecule has 61 heavy (non-hydrogen) atoms. The SMILES string of the molecule is c1ccc(N(c2ccc(-c3ccccc3-n3c4ccccc4c4ccccc43)cc2)c2ccc(-c3cccc4ccccc34)cc2)c(-c2ccc3c(c2)sc2ccccc23)c1. The highest BCUT2D eigenvalue weighted by atomic mass is 32.1. The minimum atomic E-state index is 1.09. The van der Waals surface area contributed by atoms with Crippen LogP contribution in [0.3, 0.4) is 0 Å². The molecule has 12 aromatic rings. The maximum Gasteiger partial charge on any atom is 0.0541 e. The van der Waals surface area contributed by atoms with Gasteiger partial charge in [0.1, 0.15) is 0 Å². The molecule has 0 saturated heterocycles. The lowest BCUT2D eigenvalue weighted by molar-refractivity contribution is 1.18. The fourth-order valence-electron chi connectivity index (χ4n) is 9.39. The second kappa shape index (κ2) is 14.5. The average Bonchev–Trinajstić information content (AvgIpc) is 3.87. The van der Waals surface area contributed by atoms with Crippen LogP contribution in [0.4, 0.5) is 17.1 Å². The molecule has 2 nitrogen and oxygen atoms in total. The van der Waals surface area contributed by atoms with Gasteiger partial charge < -0.3 is 9.47 Å². The Bertz CT molecular complexity index is 3530. The smallest absolute Gasteiger partial charge is 0.0541 e. The zero-order valence-electron chi connectivity index (χ0n) is 33.2. The van der Waals surface area contributed by atoms with Gasteiger partial charge >= 0.3 is 0 Å². The van der Waals surface area contributed by atoms with Crippen molar-refractivity contribution in [2.24, 2.45) is 0 Å². The standard InChI is InChI=1S/C58H38N2S/c1-2-16-45-39(14-1)15-13-22-46(45)40-28-33-43(34-29-40)59(53-23-8-4-18-48(53)42-32-37-52-51-21-7-12-27-57(51)61-58(52)38-42)44-35-30-41(31-36-44)47-17-3-9-24-54(47)60-55-25-10-5-19-49(55)50-20-6-11-26-56(50)60/h1-38H. The van der Waals surface area contributed by atoms with Gasteiger partial charge in [-0.1, -0.05) is 170 Å². The average molecular weight is 795 g/mol. The van der Waals surface area contributed by atoms with Crippen molar-refractivity contribution in [3.8, 4) is 39.1 Å². The number of fused-ring (bicyclic) bond motifs is 7. The van der Waals surface area contributed by atoms with Gasteiger partial charge in [0.2, 0.25) is 0 Å². The van der Waals surface area contributed by atoms with E-state index in [0.717, 1.165) is 28.3 Å². The highest BCUT2D eigenvalue weighted by Crippen LogP contribution is 2.45. The first-order chi connectivity index (χ1) is 30.3. The Labute approximate surface area is 358 Å². The van der Waals surface area contributed by atoms with Crippen LogP contribution in [0.2, 0.25) is 0 Å². The number of rotatable bonds is 7. The van der Waals surface area contributed by atoms with Crippen LogP contribution in [-0.2, 0) is 0 Å². The Morgan fingerprint density at radius 2 is 0.836 bits per heavy atom. The molecule has 0 aliphatic carbocycles. The Balaban J connectivity index is 1.00. The number of nitrogens with zero attached hydrogens (tertiary/aromatic N) is 2. The molecule has 3 heteroatoms. The fraction of sp³-hybridized carbons (Fsp3) is 0. The van der Waals surface area contributed by atoms with Crippen LogP contribution < -0.4 is 4.90 Å². The van der Waals surface area contributed by atoms with Crippen LogP contribution in [0.5, 0.6) is 0 Å². The van der Waals surface area contributed by atoms with Crippen LogP contribution in [0, 0.1) is 0 Å². The van der Waals surface area contributed by atoms with Crippen molar-refractivity contribution < 1.29 is 0 Å². The molecule has 0 spiro atoms. The summed E-state index contributed by atoms with van der Waals surface area (Å²) in [6.45, 7) is 0. The molecule has 0 atom stereocenters. The van der Waals surface area contributed by atoms with E-state index in [-0.39, 0.29) is 0 Å². The van der Waals surface area contributed by atoms with Gasteiger partial charge in [-0.15, -0.1) is 11.3 Å². The normalized spacial score (nSPS) is 11.6. The van der Waals surface area contributed by atoms with E-state index < -0.39 is 0 Å². The minimum absolute atomic E-state index is 1.09. The summed E-state index contributed by atoms with van der Waals surface area (Å²) in [6.07, 6.45) is 0. The Morgan fingerprint density at radius 3 is 1.57 bits per heavy atom. The molecule has 2 aromatic heterocycles. The van der Waals surface area contributed by atoms with E-state index in [1.165, 1.54) is 80.6 Å². The van der Waals surface area contributed by atoms with E-state index in [0.29, 0.717) is 0 Å². The molecule has 10 aromatic carbocycles. The van der Waals surface area contributed by atoms with E-state index in [9.17, 15) is 0 Å². The van der Waals surface area contributed by atoms with Crippen molar-refractivity contribution in [3.63, 3.8) is 0 Å². The molecule has 0 N–H and O–H groups in total. The summed E-state index contributed by atoms with van der Waals surface area (Å²) in [5.41, 5.74) is 14.0. The van der Waals surface area contributed by atoms with Gasteiger partial charge in [-0.25, -0.2) is 0 Å². The minimum Gasteiger partial charge on any atom is -0.310 e. The van der Waals surface area contributed by atoms with Crippen molar-refractivity contribution in [1.29, 1.82) is 0 Å². The lowest BCUT2D eigenvalue weighted by Gasteiger charge is -2.28. The second-order valence-corrected chi connectivity index (χ2v) is 16.8. The molecular formula is C58H38N2S. The zero-order chi connectivity index (χ0) is 40.3. The number of para-hydroxylation sites is 4. The molecular weight excluding hydrogens is 757 g/mol. The molecule has 0 saturated carbocycles. The number of aromatic nitrogens is 1. The molecule has 0 radical (unpaired) electrons. The quantitative estimate of drug-likeness (QED) is 0.156. The predicted molar refractivity (Wildman–Crippen MR) is 262 cm³/mol. The van der Waals surface area contributed by atoms with Gasteiger partial charge in [-0.05, 0) is 93.7 Å². The highest BCUT2D eigenvalue weighted by Gasteiger charge is 2.20. The van der Waals surface area contributed by atoms with Crippen LogP contribution in [-0.4, -0.2) is 4.57 Å². The van der Waals surface area contributed by atoms with Gasteiger partial charge in [-0.2, -0.15) is 0 Å². The molecule has 0 aliphatic rings. The molecule has 2 heterocycles. The number of thiophene rings is 1. The predicted octanol–water partition coefficient (Wildman–Crippen LogP) is 16.8. The maximum absolute atomic E-state index is 2.42. The maximum atomic E-state index is 2.42. The van der Waals surface area contributed by atoms with Crippen LogP contribution in [0.15, 0.2) is 231 Å². The van der Waals surface area contributed by atoms with Gasteiger partial charge in [0.15, 0.2) is 0 Å². The van der Waals surface area contributed by atoms with E-state index in [1.54, 1.807) is 0 Å². The van der Waals surface area contributed by atoms with Gasteiger partial charge in [0.05, 0.1) is 22.4 Å². The van der Waals surface area contributed by atoms with Crippen LogP contribution >= 0.6 is 11.3 Å². The lowest BCUT2D eigenvalue weighted by atomic mass is 9.97. The summed E-state index contributed by atoms with van der Waals surface area (Å²) in [5, 5.41) is 7.64. The third-order valence-corrected chi connectivity index (χ3v) is 13.4. The number of hydrogen-bond acceptors (Lipinski definition) is 2. The fourth-order valence-corrected chi connectivity index (χ4v) is 10.5. The summed E-state index contributed by atoms with van der Waals surface area (Å²) in [4.78, 5) is 2.42. The number of hydrogen-bond donors (Lipinski definition) is 0. The molecule has 0 bridgehead atoms. The van der Waals surface area contributed by atoms with E-state index in [2.05, 4.69) is 240 Å². The number of benzene rings is 10. The summed E-state index contributed by atoms with van der Waals surface area (Å²) in [5.74, 6) is 0. The van der Waals surface area contributed by atoms with Crippen LogP contribution in [0.25, 0.3) is 91.8 Å².